The number of aldehydes is 1. The number of hydrogen-bond acceptors (Lipinski definition) is 4. The van der Waals surface area contributed by atoms with Crippen LogP contribution in [0.25, 0.3) is 0 Å². The standard InChI is InChI=1S/C7H12O3.C3H8O/c1-6(4-8)7(2)10-5-9-3;1-3-4-2/h4H,5H2,1-3H3;3H2,1-2H3/b7-6+;. The number of rotatable bonds is 5. The van der Waals surface area contributed by atoms with Crippen molar-refractivity contribution < 1.29 is 19.0 Å². The molecule has 0 saturated heterocycles. The summed E-state index contributed by atoms with van der Waals surface area (Å²) in [6, 6.07) is 0. The predicted molar refractivity (Wildman–Crippen MR) is 54.9 cm³/mol. The first-order valence-corrected chi connectivity index (χ1v) is 4.37. The molecule has 0 rings (SSSR count). The first-order valence-electron chi connectivity index (χ1n) is 4.37. The molecule has 14 heavy (non-hydrogen) atoms. The van der Waals surface area contributed by atoms with Gasteiger partial charge in [-0.15, -0.1) is 0 Å². The van der Waals surface area contributed by atoms with E-state index in [1.807, 2.05) is 6.92 Å². The Kier molecular flexibility index (Phi) is 13.5. The van der Waals surface area contributed by atoms with Crippen molar-refractivity contribution in [1.29, 1.82) is 0 Å². The Hall–Kier alpha value is -0.870. The highest BCUT2D eigenvalue weighted by Gasteiger charge is 1.93. The molecule has 0 aromatic heterocycles. The smallest absolute Gasteiger partial charge is 0.188 e. The van der Waals surface area contributed by atoms with E-state index in [1.165, 1.54) is 7.11 Å². The van der Waals surface area contributed by atoms with Crippen molar-refractivity contribution in [2.45, 2.75) is 20.8 Å². The SMILES string of the molecule is CCOC.COCO/C(C)=C(\C)C=O. The zero-order chi connectivity index (χ0) is 11.4. The lowest BCUT2D eigenvalue weighted by atomic mass is 10.3. The van der Waals surface area contributed by atoms with Crippen LogP contribution in [0.4, 0.5) is 0 Å². The van der Waals surface area contributed by atoms with Gasteiger partial charge in [-0.2, -0.15) is 0 Å². The summed E-state index contributed by atoms with van der Waals surface area (Å²) < 4.78 is 14.1. The monoisotopic (exact) mass is 204 g/mol. The van der Waals surface area contributed by atoms with Gasteiger partial charge in [0, 0.05) is 26.4 Å². The van der Waals surface area contributed by atoms with Crippen LogP contribution in [0, 0.1) is 0 Å². The van der Waals surface area contributed by atoms with E-state index in [-0.39, 0.29) is 6.79 Å². The normalized spacial score (nSPS) is 10.9. The van der Waals surface area contributed by atoms with Crippen molar-refractivity contribution in [1.82, 2.24) is 0 Å². The van der Waals surface area contributed by atoms with E-state index in [1.54, 1.807) is 21.0 Å². The summed E-state index contributed by atoms with van der Waals surface area (Å²) in [7, 11) is 3.21. The molecule has 0 saturated carbocycles. The number of ether oxygens (including phenoxy) is 3. The molecule has 4 nitrogen and oxygen atoms in total. The molecule has 0 aliphatic carbocycles. The quantitative estimate of drug-likeness (QED) is 0.296. The minimum absolute atomic E-state index is 0.191. The van der Waals surface area contributed by atoms with Crippen molar-refractivity contribution in [2.75, 3.05) is 27.6 Å². The second-order valence-corrected chi connectivity index (χ2v) is 2.49. The fourth-order valence-electron chi connectivity index (χ4n) is 0.344. The van der Waals surface area contributed by atoms with Crippen LogP contribution in [0.3, 0.4) is 0 Å². The van der Waals surface area contributed by atoms with E-state index >= 15 is 0 Å². The third-order valence-corrected chi connectivity index (χ3v) is 1.41. The van der Waals surface area contributed by atoms with Gasteiger partial charge in [0.1, 0.15) is 12.0 Å². The maximum Gasteiger partial charge on any atom is 0.188 e. The Labute approximate surface area is 85.8 Å². The number of hydrogen-bond donors (Lipinski definition) is 0. The zero-order valence-corrected chi connectivity index (χ0v) is 9.62. The molecule has 0 amide bonds. The van der Waals surface area contributed by atoms with Gasteiger partial charge >= 0.3 is 0 Å². The molecule has 0 radical (unpaired) electrons. The highest BCUT2D eigenvalue weighted by Crippen LogP contribution is 2.01. The molecule has 0 aromatic carbocycles. The van der Waals surface area contributed by atoms with Gasteiger partial charge in [0.25, 0.3) is 0 Å². The third kappa shape index (κ3) is 11.1. The van der Waals surface area contributed by atoms with Crippen LogP contribution in [0.15, 0.2) is 11.3 Å². The average Bonchev–Trinajstić information content (AvgIpc) is 2.24. The van der Waals surface area contributed by atoms with E-state index in [4.69, 9.17) is 4.74 Å². The number of allylic oxidation sites excluding steroid dienone is 2. The van der Waals surface area contributed by atoms with Crippen molar-refractivity contribution in [3.8, 4) is 0 Å². The van der Waals surface area contributed by atoms with Crippen LogP contribution in [0.1, 0.15) is 20.8 Å². The largest absolute Gasteiger partial charge is 0.472 e. The summed E-state index contributed by atoms with van der Waals surface area (Å²) >= 11 is 0. The Balaban J connectivity index is 0. The first kappa shape index (κ1) is 15.6. The van der Waals surface area contributed by atoms with Gasteiger partial charge in [0.2, 0.25) is 0 Å². The van der Waals surface area contributed by atoms with Gasteiger partial charge in [0.15, 0.2) is 6.79 Å². The molecule has 0 atom stereocenters. The molecular weight excluding hydrogens is 184 g/mol. The summed E-state index contributed by atoms with van der Waals surface area (Å²) in [6.45, 7) is 6.39. The molecule has 0 spiro atoms. The molecule has 0 fully saturated rings. The molecule has 0 aliphatic heterocycles. The molecule has 0 unspecified atom stereocenters. The minimum atomic E-state index is 0.191. The molecule has 0 bridgehead atoms. The molecule has 0 aliphatic rings. The lowest BCUT2D eigenvalue weighted by Crippen LogP contribution is -1.96. The van der Waals surface area contributed by atoms with Crippen molar-refractivity contribution in [2.24, 2.45) is 0 Å². The van der Waals surface area contributed by atoms with Crippen molar-refractivity contribution in [3.63, 3.8) is 0 Å². The lowest BCUT2D eigenvalue weighted by Gasteiger charge is -2.04. The van der Waals surface area contributed by atoms with E-state index in [0.29, 0.717) is 11.3 Å². The molecule has 0 N–H and O–H groups in total. The van der Waals surface area contributed by atoms with Crippen LogP contribution < -0.4 is 0 Å². The second kappa shape index (κ2) is 12.1. The first-order chi connectivity index (χ1) is 6.63. The Morgan fingerprint density at radius 1 is 1.21 bits per heavy atom. The van der Waals surface area contributed by atoms with Gasteiger partial charge in [0.05, 0.1) is 0 Å². The maximum atomic E-state index is 10.1. The predicted octanol–water partition coefficient (Wildman–Crippen LogP) is 1.75. The third-order valence-electron chi connectivity index (χ3n) is 1.41. The lowest BCUT2D eigenvalue weighted by molar-refractivity contribution is -0.105. The summed E-state index contributed by atoms with van der Waals surface area (Å²) in [6.07, 6.45) is 0.755. The van der Waals surface area contributed by atoms with E-state index < -0.39 is 0 Å². The highest BCUT2D eigenvalue weighted by atomic mass is 16.7. The molecule has 0 aromatic rings. The van der Waals surface area contributed by atoms with E-state index in [2.05, 4.69) is 9.47 Å². The summed E-state index contributed by atoms with van der Waals surface area (Å²) in [5.41, 5.74) is 0.594. The Morgan fingerprint density at radius 2 is 1.71 bits per heavy atom. The van der Waals surface area contributed by atoms with E-state index in [0.717, 1.165) is 12.9 Å². The van der Waals surface area contributed by atoms with E-state index in [9.17, 15) is 4.79 Å². The van der Waals surface area contributed by atoms with Gasteiger partial charge in [-0.05, 0) is 20.8 Å². The molecule has 0 heterocycles. The summed E-state index contributed by atoms with van der Waals surface area (Å²) in [5.74, 6) is 0.608. The van der Waals surface area contributed by atoms with Crippen LogP contribution >= 0.6 is 0 Å². The number of carbonyl (C=O) groups is 1. The van der Waals surface area contributed by atoms with Crippen LogP contribution in [-0.4, -0.2) is 33.9 Å². The summed E-state index contributed by atoms with van der Waals surface area (Å²) in [5, 5.41) is 0. The van der Waals surface area contributed by atoms with Crippen LogP contribution in [0.5, 0.6) is 0 Å². The zero-order valence-electron chi connectivity index (χ0n) is 9.62. The Bertz CT molecular complexity index is 162. The van der Waals surface area contributed by atoms with Gasteiger partial charge in [-0.1, -0.05) is 0 Å². The van der Waals surface area contributed by atoms with Gasteiger partial charge < -0.3 is 14.2 Å². The maximum absolute atomic E-state index is 10.1. The van der Waals surface area contributed by atoms with Gasteiger partial charge in [-0.25, -0.2) is 0 Å². The summed E-state index contributed by atoms with van der Waals surface area (Å²) in [4.78, 5) is 10.1. The molecule has 84 valence electrons. The average molecular weight is 204 g/mol. The number of carbonyl (C=O) groups excluding carboxylic acids is 1. The Morgan fingerprint density at radius 3 is 2.00 bits per heavy atom. The fraction of sp³-hybridized carbons (Fsp3) is 0.700. The van der Waals surface area contributed by atoms with Crippen LogP contribution in [-0.2, 0) is 19.0 Å². The van der Waals surface area contributed by atoms with Crippen LogP contribution in [0.2, 0.25) is 0 Å². The highest BCUT2D eigenvalue weighted by molar-refractivity contribution is 5.72. The molecular formula is C10H20O4. The topological polar surface area (TPSA) is 44.8 Å². The van der Waals surface area contributed by atoms with Gasteiger partial charge in [-0.3, -0.25) is 4.79 Å². The molecule has 4 heteroatoms. The van der Waals surface area contributed by atoms with Crippen molar-refractivity contribution >= 4 is 6.29 Å². The number of methoxy groups -OCH3 is 2. The second-order valence-electron chi connectivity index (χ2n) is 2.49. The fourth-order valence-corrected chi connectivity index (χ4v) is 0.344. The minimum Gasteiger partial charge on any atom is -0.472 e. The van der Waals surface area contributed by atoms with Crippen molar-refractivity contribution in [3.05, 3.63) is 11.3 Å².